The number of nitrogens with zero attached hydrogens (tertiary/aromatic N) is 1. The Labute approximate surface area is 117 Å². The van der Waals surface area contributed by atoms with E-state index < -0.39 is 5.54 Å². The van der Waals surface area contributed by atoms with Crippen LogP contribution >= 0.6 is 0 Å². The van der Waals surface area contributed by atoms with Crippen molar-refractivity contribution in [1.82, 2.24) is 10.2 Å². The number of carbonyl (C=O) groups excluding carboxylic acids is 1. The van der Waals surface area contributed by atoms with Crippen molar-refractivity contribution in [3.05, 3.63) is 0 Å². The molecule has 0 amide bonds. The van der Waals surface area contributed by atoms with Crippen LogP contribution in [0.4, 0.5) is 0 Å². The normalized spacial score (nSPS) is 18.4. The van der Waals surface area contributed by atoms with Crippen molar-refractivity contribution in [3.63, 3.8) is 0 Å². The average Bonchev–Trinajstić information content (AvgIpc) is 3.20. The number of hydrogen-bond acceptors (Lipinski definition) is 4. The number of ether oxygens (including phenoxy) is 1. The van der Waals surface area contributed by atoms with Gasteiger partial charge in [-0.25, -0.2) is 0 Å². The molecule has 1 unspecified atom stereocenters. The lowest BCUT2D eigenvalue weighted by molar-refractivity contribution is -0.148. The molecule has 1 atom stereocenters. The first kappa shape index (κ1) is 16.4. The highest BCUT2D eigenvalue weighted by Crippen LogP contribution is 2.25. The number of rotatable bonds is 10. The summed E-state index contributed by atoms with van der Waals surface area (Å²) in [6, 6.07) is 0.516. The Kier molecular flexibility index (Phi) is 6.80. The molecule has 1 aliphatic rings. The van der Waals surface area contributed by atoms with Crippen LogP contribution in [0.3, 0.4) is 0 Å². The molecule has 0 bridgehead atoms. The molecule has 19 heavy (non-hydrogen) atoms. The Balaban J connectivity index is 2.41. The Hall–Kier alpha value is -0.610. The summed E-state index contributed by atoms with van der Waals surface area (Å²) >= 11 is 0. The van der Waals surface area contributed by atoms with Gasteiger partial charge in [0.15, 0.2) is 0 Å². The van der Waals surface area contributed by atoms with Gasteiger partial charge in [0.2, 0.25) is 0 Å². The predicted octanol–water partition coefficient (Wildman–Crippen LogP) is 2.18. The molecule has 0 heterocycles. The van der Waals surface area contributed by atoms with Gasteiger partial charge in [-0.2, -0.15) is 0 Å². The van der Waals surface area contributed by atoms with Gasteiger partial charge in [0.25, 0.3) is 0 Å². The molecule has 1 fully saturated rings. The maximum absolute atomic E-state index is 12.0. The van der Waals surface area contributed by atoms with Crippen LogP contribution in [0.15, 0.2) is 0 Å². The van der Waals surface area contributed by atoms with E-state index in [1.807, 2.05) is 6.92 Å². The highest BCUT2D eigenvalue weighted by molar-refractivity contribution is 5.80. The number of methoxy groups -OCH3 is 1. The summed E-state index contributed by atoms with van der Waals surface area (Å²) in [5, 5.41) is 3.45. The number of carbonyl (C=O) groups is 1. The summed E-state index contributed by atoms with van der Waals surface area (Å²) in [5.41, 5.74) is -0.512. The zero-order valence-electron chi connectivity index (χ0n) is 13.0. The van der Waals surface area contributed by atoms with Gasteiger partial charge in [-0.15, -0.1) is 0 Å². The highest BCUT2D eigenvalue weighted by atomic mass is 16.5. The van der Waals surface area contributed by atoms with E-state index in [4.69, 9.17) is 4.74 Å². The second kappa shape index (κ2) is 7.85. The second-order valence-corrected chi connectivity index (χ2v) is 5.78. The molecule has 0 radical (unpaired) electrons. The molecule has 0 spiro atoms. The molecule has 4 heteroatoms. The fraction of sp³-hybridized carbons (Fsp3) is 0.933. The van der Waals surface area contributed by atoms with Crippen LogP contribution in [0.1, 0.15) is 52.9 Å². The summed E-state index contributed by atoms with van der Waals surface area (Å²) in [6.45, 7) is 9.66. The smallest absolute Gasteiger partial charge is 0.325 e. The molecule has 4 nitrogen and oxygen atoms in total. The van der Waals surface area contributed by atoms with Crippen molar-refractivity contribution in [2.24, 2.45) is 0 Å². The molecule has 0 aliphatic heterocycles. The number of nitrogens with one attached hydrogen (secondary N) is 1. The fourth-order valence-electron chi connectivity index (χ4n) is 2.54. The molecule has 0 saturated heterocycles. The lowest BCUT2D eigenvalue weighted by atomic mass is 9.95. The molecule has 0 aromatic rings. The monoisotopic (exact) mass is 270 g/mol. The van der Waals surface area contributed by atoms with E-state index >= 15 is 0 Å². The van der Waals surface area contributed by atoms with Crippen LogP contribution in [-0.2, 0) is 9.53 Å². The minimum absolute atomic E-state index is 0.127. The Morgan fingerprint density at radius 2 is 2.05 bits per heavy atom. The van der Waals surface area contributed by atoms with E-state index in [0.717, 1.165) is 32.5 Å². The fourth-order valence-corrected chi connectivity index (χ4v) is 2.54. The molecule has 1 rings (SSSR count). The van der Waals surface area contributed by atoms with Gasteiger partial charge in [-0.05, 0) is 58.7 Å². The van der Waals surface area contributed by atoms with Crippen molar-refractivity contribution in [2.75, 3.05) is 26.7 Å². The molecule has 1 N–H and O–H groups in total. The minimum atomic E-state index is -0.512. The third-order valence-corrected chi connectivity index (χ3v) is 3.87. The first-order valence-electron chi connectivity index (χ1n) is 7.64. The first-order valence-corrected chi connectivity index (χ1v) is 7.64. The van der Waals surface area contributed by atoms with Crippen LogP contribution in [-0.4, -0.2) is 49.2 Å². The van der Waals surface area contributed by atoms with Crippen molar-refractivity contribution >= 4 is 5.97 Å². The number of hydrogen-bond donors (Lipinski definition) is 1. The van der Waals surface area contributed by atoms with Crippen LogP contribution < -0.4 is 5.32 Å². The zero-order valence-corrected chi connectivity index (χ0v) is 13.0. The van der Waals surface area contributed by atoms with Gasteiger partial charge in [0.1, 0.15) is 5.54 Å². The van der Waals surface area contributed by atoms with Gasteiger partial charge in [0, 0.05) is 6.04 Å². The summed E-state index contributed by atoms with van der Waals surface area (Å²) in [6.07, 6.45) is 5.42. The Morgan fingerprint density at radius 3 is 2.53 bits per heavy atom. The topological polar surface area (TPSA) is 41.6 Å². The van der Waals surface area contributed by atoms with Gasteiger partial charge < -0.3 is 9.64 Å². The Bertz CT molecular complexity index is 279. The summed E-state index contributed by atoms with van der Waals surface area (Å²) in [5.74, 6) is -0.127. The molecule has 1 saturated carbocycles. The van der Waals surface area contributed by atoms with Crippen molar-refractivity contribution in [2.45, 2.75) is 64.5 Å². The molecular weight excluding hydrogens is 240 g/mol. The van der Waals surface area contributed by atoms with E-state index in [2.05, 4.69) is 24.1 Å². The summed E-state index contributed by atoms with van der Waals surface area (Å²) < 4.78 is 4.96. The molecule has 1 aliphatic carbocycles. The largest absolute Gasteiger partial charge is 0.468 e. The maximum atomic E-state index is 12.0. The zero-order chi connectivity index (χ0) is 14.3. The van der Waals surface area contributed by atoms with E-state index in [1.165, 1.54) is 26.4 Å². The van der Waals surface area contributed by atoms with Crippen LogP contribution in [0.25, 0.3) is 0 Å². The lowest BCUT2D eigenvalue weighted by Gasteiger charge is -2.29. The summed E-state index contributed by atoms with van der Waals surface area (Å²) in [4.78, 5) is 14.4. The highest BCUT2D eigenvalue weighted by Gasteiger charge is 2.38. The van der Waals surface area contributed by atoms with Crippen LogP contribution in [0, 0.1) is 0 Å². The van der Waals surface area contributed by atoms with Crippen LogP contribution in [0.2, 0.25) is 0 Å². The van der Waals surface area contributed by atoms with E-state index in [9.17, 15) is 4.79 Å². The van der Waals surface area contributed by atoms with Crippen molar-refractivity contribution < 1.29 is 9.53 Å². The SMILES string of the molecule is CCCN(CC)CCCC(C)(NC1CC1)C(=O)OC. The Morgan fingerprint density at radius 1 is 1.37 bits per heavy atom. The third-order valence-electron chi connectivity index (χ3n) is 3.87. The van der Waals surface area contributed by atoms with E-state index in [-0.39, 0.29) is 5.97 Å². The molecule has 0 aromatic heterocycles. The first-order chi connectivity index (χ1) is 9.05. The average molecular weight is 270 g/mol. The minimum Gasteiger partial charge on any atom is -0.468 e. The summed E-state index contributed by atoms with van der Waals surface area (Å²) in [7, 11) is 1.48. The lowest BCUT2D eigenvalue weighted by Crippen LogP contribution is -2.51. The third kappa shape index (κ3) is 5.49. The van der Waals surface area contributed by atoms with Gasteiger partial charge in [-0.3, -0.25) is 10.1 Å². The van der Waals surface area contributed by atoms with Gasteiger partial charge in [-0.1, -0.05) is 13.8 Å². The number of esters is 1. The van der Waals surface area contributed by atoms with Gasteiger partial charge >= 0.3 is 5.97 Å². The van der Waals surface area contributed by atoms with E-state index in [1.54, 1.807) is 0 Å². The molecular formula is C15H30N2O2. The quantitative estimate of drug-likeness (QED) is 0.618. The standard InChI is InChI=1S/C15H30N2O2/c1-5-11-17(6-2)12-7-10-15(3,14(18)19-4)16-13-8-9-13/h13,16H,5-12H2,1-4H3. The van der Waals surface area contributed by atoms with Gasteiger partial charge in [0.05, 0.1) is 7.11 Å². The molecule has 0 aromatic carbocycles. The predicted molar refractivity (Wildman–Crippen MR) is 78.2 cm³/mol. The van der Waals surface area contributed by atoms with E-state index in [0.29, 0.717) is 6.04 Å². The van der Waals surface area contributed by atoms with Crippen molar-refractivity contribution in [1.29, 1.82) is 0 Å². The maximum Gasteiger partial charge on any atom is 0.325 e. The second-order valence-electron chi connectivity index (χ2n) is 5.78. The van der Waals surface area contributed by atoms with Crippen molar-refractivity contribution in [3.8, 4) is 0 Å². The van der Waals surface area contributed by atoms with Crippen LogP contribution in [0.5, 0.6) is 0 Å². The molecule has 112 valence electrons.